The third-order valence-electron chi connectivity index (χ3n) is 9.43. The molecular formula is C33H36FN7O4S. The first kappa shape index (κ1) is 30.3. The van der Waals surface area contributed by atoms with Gasteiger partial charge in [-0.1, -0.05) is 17.7 Å². The second-order valence-corrected chi connectivity index (χ2v) is 14.1. The molecule has 4 aromatic heterocycles. The van der Waals surface area contributed by atoms with Crippen molar-refractivity contribution < 1.29 is 22.3 Å². The number of anilines is 1. The summed E-state index contributed by atoms with van der Waals surface area (Å²) in [6.07, 6.45) is 6.39. The van der Waals surface area contributed by atoms with Crippen molar-refractivity contribution in [2.75, 3.05) is 19.0 Å². The van der Waals surface area contributed by atoms with E-state index in [4.69, 9.17) is 14.8 Å². The number of carbonyl (C=O) groups is 1. The van der Waals surface area contributed by atoms with Gasteiger partial charge in [-0.15, -0.1) is 5.10 Å². The van der Waals surface area contributed by atoms with E-state index in [1.54, 1.807) is 16.6 Å². The summed E-state index contributed by atoms with van der Waals surface area (Å²) in [6.45, 7) is 4.51. The fraction of sp³-hybridized carbons (Fsp3) is 0.394. The van der Waals surface area contributed by atoms with Crippen molar-refractivity contribution in [3.05, 3.63) is 71.9 Å². The van der Waals surface area contributed by atoms with Crippen molar-refractivity contribution in [1.82, 2.24) is 28.9 Å². The van der Waals surface area contributed by atoms with Crippen LogP contribution < -0.4 is 10.6 Å². The molecule has 240 valence electrons. The summed E-state index contributed by atoms with van der Waals surface area (Å²) in [5.74, 6) is 0.0627. The molecule has 3 aliphatic rings. The number of rotatable bonds is 9. The van der Waals surface area contributed by atoms with Gasteiger partial charge in [-0.3, -0.25) is 4.79 Å². The SMILES string of the molecule is CCOC(=O)[C@H]1C2CCC(CC2)[C@@H]1Nc1nc(-c2cn(S(=O)(=O)c3ccc(C)cc3)c3ncc(F)cc23)nn2c(CNC)ccc12. The summed E-state index contributed by atoms with van der Waals surface area (Å²) in [5.41, 5.74) is 2.83. The molecule has 3 fully saturated rings. The average Bonchev–Trinajstić information content (AvgIpc) is 3.64. The molecule has 1 aromatic carbocycles. The lowest BCUT2D eigenvalue weighted by Crippen LogP contribution is -2.52. The minimum atomic E-state index is -4.10. The summed E-state index contributed by atoms with van der Waals surface area (Å²) in [7, 11) is -2.26. The standard InChI is InChI=1S/C33H36FN7O4S/c1-4-45-33(42)28-20-7-9-21(10-8-20)29(28)37-31-27-14-11-23(17-35-3)41(27)39-30(38-31)26-18-40(32-25(26)15-22(34)16-36-32)46(43,44)24-12-5-19(2)6-13-24/h5-6,11-16,18,20-21,28-29,35H,4,7-10,17H2,1-3H3,(H,37,38,39)/t20?,21?,28-,29-/m0/s1. The van der Waals surface area contributed by atoms with E-state index >= 15 is 0 Å². The number of pyridine rings is 1. The molecule has 2 bridgehead atoms. The number of benzene rings is 1. The summed E-state index contributed by atoms with van der Waals surface area (Å²) >= 11 is 0. The van der Waals surface area contributed by atoms with E-state index in [1.807, 2.05) is 33.0 Å². The lowest BCUT2D eigenvalue weighted by molar-refractivity contribution is -0.154. The highest BCUT2D eigenvalue weighted by atomic mass is 32.2. The number of ether oxygens (including phenoxy) is 1. The van der Waals surface area contributed by atoms with Crippen LogP contribution in [0.15, 0.2) is 59.8 Å². The molecular weight excluding hydrogens is 609 g/mol. The van der Waals surface area contributed by atoms with Crippen LogP contribution in [0.1, 0.15) is 43.9 Å². The fourth-order valence-corrected chi connectivity index (χ4v) is 8.54. The van der Waals surface area contributed by atoms with E-state index in [-0.39, 0.29) is 51.5 Å². The lowest BCUT2D eigenvalue weighted by Gasteiger charge is -2.47. The quantitative estimate of drug-likeness (QED) is 0.214. The Morgan fingerprint density at radius 1 is 1.09 bits per heavy atom. The zero-order chi connectivity index (χ0) is 32.2. The van der Waals surface area contributed by atoms with Gasteiger partial charge in [0.1, 0.15) is 11.3 Å². The lowest BCUT2D eigenvalue weighted by atomic mass is 9.61. The molecule has 0 unspecified atom stereocenters. The molecule has 2 N–H and O–H groups in total. The van der Waals surface area contributed by atoms with Gasteiger partial charge < -0.3 is 15.4 Å². The van der Waals surface area contributed by atoms with Crippen LogP contribution >= 0.6 is 0 Å². The van der Waals surface area contributed by atoms with Crippen molar-refractivity contribution in [3.8, 4) is 11.4 Å². The van der Waals surface area contributed by atoms with Crippen LogP contribution in [0.25, 0.3) is 27.9 Å². The van der Waals surface area contributed by atoms with Crippen molar-refractivity contribution in [3.63, 3.8) is 0 Å². The molecule has 0 aliphatic heterocycles. The highest BCUT2D eigenvalue weighted by molar-refractivity contribution is 7.90. The minimum Gasteiger partial charge on any atom is -0.466 e. The Bertz CT molecular complexity index is 2050. The van der Waals surface area contributed by atoms with Crippen LogP contribution in [0.3, 0.4) is 0 Å². The number of aromatic nitrogens is 5. The maximum atomic E-state index is 14.7. The number of nitrogens with zero attached hydrogens (tertiary/aromatic N) is 5. The topological polar surface area (TPSA) is 133 Å². The third-order valence-corrected chi connectivity index (χ3v) is 11.1. The van der Waals surface area contributed by atoms with Gasteiger partial charge in [0, 0.05) is 29.7 Å². The van der Waals surface area contributed by atoms with E-state index in [2.05, 4.69) is 15.6 Å². The number of aryl methyl sites for hydroxylation is 1. The Hall–Kier alpha value is -4.36. The molecule has 5 aromatic rings. The number of nitrogens with one attached hydrogen (secondary N) is 2. The molecule has 4 heterocycles. The van der Waals surface area contributed by atoms with E-state index in [9.17, 15) is 17.6 Å². The molecule has 0 amide bonds. The van der Waals surface area contributed by atoms with Crippen LogP contribution in [0, 0.1) is 30.5 Å². The van der Waals surface area contributed by atoms with Crippen molar-refractivity contribution >= 4 is 38.4 Å². The van der Waals surface area contributed by atoms with Crippen LogP contribution in [0.2, 0.25) is 0 Å². The first-order valence-electron chi connectivity index (χ1n) is 15.6. The average molecular weight is 646 g/mol. The minimum absolute atomic E-state index is 0.0603. The number of esters is 1. The van der Waals surface area contributed by atoms with Crippen molar-refractivity contribution in [1.29, 1.82) is 0 Å². The van der Waals surface area contributed by atoms with E-state index in [1.165, 1.54) is 24.4 Å². The summed E-state index contributed by atoms with van der Waals surface area (Å²) < 4.78 is 50.8. The predicted octanol–water partition coefficient (Wildman–Crippen LogP) is 4.93. The maximum absolute atomic E-state index is 14.7. The first-order chi connectivity index (χ1) is 22.2. The van der Waals surface area contributed by atoms with Gasteiger partial charge in [0.2, 0.25) is 0 Å². The van der Waals surface area contributed by atoms with Gasteiger partial charge >= 0.3 is 5.97 Å². The number of hydrogen-bond donors (Lipinski definition) is 2. The van der Waals surface area contributed by atoms with Crippen molar-refractivity contribution in [2.45, 2.75) is 57.0 Å². The first-order valence-corrected chi connectivity index (χ1v) is 17.1. The zero-order valence-electron chi connectivity index (χ0n) is 25.9. The molecule has 46 heavy (non-hydrogen) atoms. The number of carbonyl (C=O) groups excluding carboxylic acids is 1. The number of halogens is 1. The smallest absolute Gasteiger partial charge is 0.311 e. The number of hydrogen-bond acceptors (Lipinski definition) is 9. The molecule has 0 spiro atoms. The van der Waals surface area contributed by atoms with Crippen LogP contribution in [0.5, 0.6) is 0 Å². The molecule has 0 saturated heterocycles. The molecule has 0 radical (unpaired) electrons. The molecule has 2 atom stereocenters. The third kappa shape index (κ3) is 5.11. The van der Waals surface area contributed by atoms with Gasteiger partial charge in [-0.2, -0.15) is 0 Å². The maximum Gasteiger partial charge on any atom is 0.311 e. The van der Waals surface area contributed by atoms with Gasteiger partial charge in [-0.05, 0) is 88.7 Å². The van der Waals surface area contributed by atoms with Crippen LogP contribution in [-0.4, -0.2) is 57.6 Å². The Morgan fingerprint density at radius 2 is 1.83 bits per heavy atom. The van der Waals surface area contributed by atoms with E-state index < -0.39 is 15.8 Å². The predicted molar refractivity (Wildman–Crippen MR) is 171 cm³/mol. The monoisotopic (exact) mass is 645 g/mol. The Kier molecular flexibility index (Phi) is 7.76. The summed E-state index contributed by atoms with van der Waals surface area (Å²) in [5, 5.41) is 11.9. The van der Waals surface area contributed by atoms with Gasteiger partial charge in [0.15, 0.2) is 17.3 Å². The van der Waals surface area contributed by atoms with Crippen LogP contribution in [-0.2, 0) is 26.1 Å². The molecule has 13 heteroatoms. The number of fused-ring (bicyclic) bond motifs is 5. The van der Waals surface area contributed by atoms with Gasteiger partial charge in [0.25, 0.3) is 10.0 Å². The molecule has 3 saturated carbocycles. The highest BCUT2D eigenvalue weighted by Crippen LogP contribution is 2.47. The largest absolute Gasteiger partial charge is 0.466 e. The van der Waals surface area contributed by atoms with E-state index in [0.29, 0.717) is 30.0 Å². The Balaban J connectivity index is 1.40. The molecule has 11 nitrogen and oxygen atoms in total. The zero-order valence-corrected chi connectivity index (χ0v) is 26.7. The second kappa shape index (κ2) is 11.8. The Morgan fingerprint density at radius 3 is 2.54 bits per heavy atom. The Labute approximate surface area is 266 Å². The van der Waals surface area contributed by atoms with Gasteiger partial charge in [0.05, 0.1) is 29.3 Å². The second-order valence-electron chi connectivity index (χ2n) is 12.2. The summed E-state index contributed by atoms with van der Waals surface area (Å²) in [6, 6.07) is 11.4. The molecule has 8 rings (SSSR count). The highest BCUT2D eigenvalue weighted by Gasteiger charge is 2.48. The molecule has 3 aliphatic carbocycles. The summed E-state index contributed by atoms with van der Waals surface area (Å²) in [4.78, 5) is 22.4. The van der Waals surface area contributed by atoms with Crippen LogP contribution in [0.4, 0.5) is 10.2 Å². The van der Waals surface area contributed by atoms with E-state index in [0.717, 1.165) is 47.1 Å². The van der Waals surface area contributed by atoms with Crippen molar-refractivity contribution in [2.24, 2.45) is 17.8 Å². The fourth-order valence-electron chi connectivity index (χ4n) is 7.22. The normalized spacial score (nSPS) is 21.2. The van der Waals surface area contributed by atoms with Gasteiger partial charge in [-0.25, -0.2) is 31.3 Å².